The summed E-state index contributed by atoms with van der Waals surface area (Å²) in [5.74, 6) is 6.18. The number of aromatic nitrogens is 8. The number of carbonyl (C=O) groups is 10. The minimum Gasteiger partial charge on any atom is -0.395 e. The monoisotopic (exact) mass is 1480 g/mol. The zero-order valence-electron chi connectivity index (χ0n) is 68.3. The van der Waals surface area contributed by atoms with Gasteiger partial charge in [0, 0.05) is 75.0 Å². The van der Waals surface area contributed by atoms with Crippen molar-refractivity contribution in [3.63, 3.8) is 0 Å². The van der Waals surface area contributed by atoms with Gasteiger partial charge in [0.25, 0.3) is 0 Å². The number of fused-ring (bicyclic) bond motifs is 1. The van der Waals surface area contributed by atoms with Crippen LogP contribution in [-0.4, -0.2) is 174 Å². The molecular formula is C78H136N10O15S. The minimum absolute atomic E-state index is 0.0160. The summed E-state index contributed by atoms with van der Waals surface area (Å²) in [6.45, 7) is 52.9. The van der Waals surface area contributed by atoms with Crippen molar-refractivity contribution in [3.05, 3.63) is 69.3 Å². The average molecular weight is 1490 g/mol. The molecule has 7 rings (SSSR count). The zero-order chi connectivity index (χ0) is 81.4. The molecule has 594 valence electrons. The van der Waals surface area contributed by atoms with Crippen LogP contribution in [0.4, 0.5) is 0 Å². The van der Waals surface area contributed by atoms with Gasteiger partial charge < -0.3 is 25.5 Å². The molecule has 2 atom stereocenters. The van der Waals surface area contributed by atoms with Crippen LogP contribution in [0.5, 0.6) is 0 Å². The molecule has 0 radical (unpaired) electrons. The molecule has 4 aromatic rings. The van der Waals surface area contributed by atoms with E-state index in [-0.39, 0.29) is 145 Å². The van der Waals surface area contributed by atoms with Crippen molar-refractivity contribution in [1.29, 1.82) is 0 Å². The van der Waals surface area contributed by atoms with Gasteiger partial charge in [-0.3, -0.25) is 77.9 Å². The highest BCUT2D eigenvalue weighted by atomic mass is 32.2. The Bertz CT molecular complexity index is 3180. The van der Waals surface area contributed by atoms with Crippen LogP contribution in [0.2, 0.25) is 0 Å². The maximum absolute atomic E-state index is 11.5. The van der Waals surface area contributed by atoms with Crippen LogP contribution in [0.1, 0.15) is 254 Å². The second-order valence-electron chi connectivity index (χ2n) is 31.2. The minimum atomic E-state index is -0.402. The molecule has 5 heterocycles. The molecule has 2 unspecified atom stereocenters. The molecule has 1 aliphatic heterocycles. The lowest BCUT2D eigenvalue weighted by molar-refractivity contribution is -0.136. The highest BCUT2D eigenvalue weighted by molar-refractivity contribution is 8.00. The molecule has 25 nitrogen and oxygen atoms in total. The Morgan fingerprint density at radius 3 is 1.30 bits per heavy atom. The molecule has 104 heavy (non-hydrogen) atoms. The Morgan fingerprint density at radius 2 is 1.00 bits per heavy atom. The number of aliphatic hydroxyl groups excluding tert-OH is 5. The Labute approximate surface area is 626 Å². The first-order valence-corrected chi connectivity index (χ1v) is 37.4. The van der Waals surface area contributed by atoms with Gasteiger partial charge in [0.05, 0.1) is 119 Å². The Kier molecular flexibility index (Phi) is 49.9. The normalized spacial score (nSPS) is 14.4. The van der Waals surface area contributed by atoms with E-state index in [1.807, 2.05) is 110 Å². The first-order valence-electron chi connectivity index (χ1n) is 36.3. The Balaban J connectivity index is -0.00000110. The summed E-state index contributed by atoms with van der Waals surface area (Å²) >= 11 is 1.55. The van der Waals surface area contributed by atoms with Crippen molar-refractivity contribution in [2.24, 2.45) is 40.3 Å². The average Bonchev–Trinajstić information content (AvgIpc) is 1.66. The van der Waals surface area contributed by atoms with Crippen molar-refractivity contribution in [1.82, 2.24) is 44.5 Å². The fraction of sp³-hybridized carbons (Fsp3) is 0.718. The molecule has 4 aromatic heterocycles. The molecule has 0 bridgehead atoms. The predicted molar refractivity (Wildman–Crippen MR) is 412 cm³/mol. The first kappa shape index (κ1) is 102. The summed E-state index contributed by atoms with van der Waals surface area (Å²) in [5.41, 5.74) is 12.1. The maximum Gasteiger partial charge on any atom is 0.153 e. The van der Waals surface area contributed by atoms with Crippen LogP contribution in [0.25, 0.3) is 0 Å². The molecule has 2 fully saturated rings. The number of aliphatic hydroxyl groups is 5. The summed E-state index contributed by atoms with van der Waals surface area (Å²) in [6.07, 6.45) is 6.12. The number of aryl methyl sites for hydroxylation is 4. The van der Waals surface area contributed by atoms with Gasteiger partial charge in [-0.15, -0.1) is 0 Å². The van der Waals surface area contributed by atoms with Crippen molar-refractivity contribution in [3.8, 4) is 0 Å². The van der Waals surface area contributed by atoms with E-state index >= 15 is 0 Å². The molecule has 1 saturated heterocycles. The van der Waals surface area contributed by atoms with Gasteiger partial charge in [0.15, 0.2) is 5.78 Å². The van der Waals surface area contributed by atoms with Crippen LogP contribution >= 0.6 is 11.8 Å². The van der Waals surface area contributed by atoms with Crippen molar-refractivity contribution >= 4 is 69.6 Å². The number of nitrogens with zero attached hydrogens (tertiary/aromatic N) is 8. The summed E-state index contributed by atoms with van der Waals surface area (Å²) in [6, 6.07) is 6.23. The molecule has 2 aliphatic carbocycles. The number of nitrogens with two attached hydrogens (primary N) is 1. The van der Waals surface area contributed by atoms with Crippen LogP contribution in [0, 0.1) is 62.2 Å². The highest BCUT2D eigenvalue weighted by Crippen LogP contribution is 2.29. The van der Waals surface area contributed by atoms with Crippen LogP contribution < -0.4 is 11.3 Å². The van der Waals surface area contributed by atoms with Crippen LogP contribution in [0.3, 0.4) is 0 Å². The lowest BCUT2D eigenvalue weighted by Gasteiger charge is -2.20. The number of carbonyl (C=O) groups excluding carboxylic acids is 10. The third-order valence-electron chi connectivity index (χ3n) is 16.1. The predicted octanol–water partition coefficient (Wildman–Crippen LogP) is 9.82. The lowest BCUT2D eigenvalue weighted by atomic mass is 9.82. The lowest BCUT2D eigenvalue weighted by Crippen LogP contribution is -2.28. The summed E-state index contributed by atoms with van der Waals surface area (Å²) < 4.78 is 7.53. The topological polar surface area (TPSA) is 381 Å². The summed E-state index contributed by atoms with van der Waals surface area (Å²) in [5, 5.41) is 60.6. The van der Waals surface area contributed by atoms with E-state index in [4.69, 9.17) is 31.4 Å². The van der Waals surface area contributed by atoms with Gasteiger partial charge in [0.1, 0.15) is 52.0 Å². The smallest absolute Gasteiger partial charge is 0.153 e. The largest absolute Gasteiger partial charge is 0.395 e. The van der Waals surface area contributed by atoms with Gasteiger partial charge in [-0.05, 0) is 117 Å². The van der Waals surface area contributed by atoms with Crippen LogP contribution in [0.15, 0.2) is 18.2 Å². The number of nitrogens with one attached hydrogen (secondary N) is 1. The zero-order valence-corrected chi connectivity index (χ0v) is 69.2. The van der Waals surface area contributed by atoms with Crippen molar-refractivity contribution in [2.45, 2.75) is 281 Å². The van der Waals surface area contributed by atoms with Crippen molar-refractivity contribution in [2.75, 3.05) is 51.1 Å². The molecule has 3 aliphatic rings. The number of ketones is 10. The van der Waals surface area contributed by atoms with E-state index in [0.717, 1.165) is 53.4 Å². The number of thioether (sulfide) groups is 1. The van der Waals surface area contributed by atoms with Gasteiger partial charge in [0.2, 0.25) is 0 Å². The Hall–Kier alpha value is -6.39. The standard InChI is InChI=1S/C13H24N2O.C11H20O2.C9H14N2O.C9H16N2O.C9H16O2.C7H12N2O.C7H10O2.C6H8O2S.C5H8O2.C2H8N2O/c1-12(2,3)10-9-11(13(4,5)6)15(14-10)7-8-16;1-10(2,3)8(12)7-9(13)11(4,5)6;1-7-8-3-2-4-9(8)11(10-7)5-6-12;1-7(2)9-6-8(3)11(10-9)4-5-12;1-6(2)8(10)5-9(11)7(3)4;1-6-5-7(2)9(8-6)3-4-10;1-5(8)6-3-2-4-7(6)9;1-4(7)5-2-9-3-6(5)8;1-4(6)3-5(2)7;3-4-1-2-5/h9,16H,7-8H2,1-6H3;7H2,1-6H3;12H,2-6H2,1H3;6-7,12H,4-5H2,1-3H3;6-7H,5H2,1-4H3;5,10H,3-4H2,1-2H3;6H,2-4H2,1H3;5H,2-3H2,1H3;3H2,1-2H3;4-5H,1-3H2. The van der Waals surface area contributed by atoms with Crippen LogP contribution in [-0.2, 0) is 97.8 Å². The maximum atomic E-state index is 11.5. The van der Waals surface area contributed by atoms with E-state index < -0.39 is 10.8 Å². The molecule has 0 aromatic carbocycles. The highest BCUT2D eigenvalue weighted by Gasteiger charge is 2.31. The van der Waals surface area contributed by atoms with E-state index in [1.54, 1.807) is 16.4 Å². The molecular weight excluding hydrogens is 1350 g/mol. The van der Waals surface area contributed by atoms with E-state index in [0.29, 0.717) is 56.6 Å². The molecule has 1 saturated carbocycles. The number of hydrogen-bond acceptors (Lipinski definition) is 22. The summed E-state index contributed by atoms with van der Waals surface area (Å²) in [4.78, 5) is 108. The third-order valence-corrected chi connectivity index (χ3v) is 17.1. The van der Waals surface area contributed by atoms with E-state index in [2.05, 4.69) is 100 Å². The first-order chi connectivity index (χ1) is 47.8. The summed E-state index contributed by atoms with van der Waals surface area (Å²) in [7, 11) is 0. The molecule has 0 amide bonds. The van der Waals surface area contributed by atoms with Gasteiger partial charge in [-0.1, -0.05) is 125 Å². The number of hydrazine groups is 1. The van der Waals surface area contributed by atoms with Gasteiger partial charge in [-0.2, -0.15) is 32.2 Å². The Morgan fingerprint density at radius 1 is 0.538 bits per heavy atom. The fourth-order valence-electron chi connectivity index (χ4n) is 9.50. The second kappa shape index (κ2) is 51.0. The third kappa shape index (κ3) is 42.7. The molecule has 8 N–H and O–H groups in total. The fourth-order valence-corrected chi connectivity index (χ4v) is 10.7. The van der Waals surface area contributed by atoms with E-state index in [9.17, 15) is 47.9 Å². The quantitative estimate of drug-likeness (QED) is 0.0232. The number of rotatable bonds is 21. The number of Topliss-reactive ketones (excluding diaryl/α,β-unsaturated/α-hetero) is 10. The number of hydrogen-bond donors (Lipinski definition) is 7. The molecule has 26 heteroatoms. The van der Waals surface area contributed by atoms with Gasteiger partial charge in [-0.25, -0.2) is 0 Å². The van der Waals surface area contributed by atoms with Crippen molar-refractivity contribution < 1.29 is 73.5 Å². The van der Waals surface area contributed by atoms with E-state index in [1.165, 1.54) is 57.5 Å². The van der Waals surface area contributed by atoms with Gasteiger partial charge >= 0.3 is 0 Å². The molecule has 0 spiro atoms. The second-order valence-corrected chi connectivity index (χ2v) is 32.3. The SMILES string of the molecule is CC(=O)C1CCCC1=O.CC(=O)C1CSCC1=O.CC(=O)CC(C)=O.CC(C)(C)C(=O)CC(=O)C(C)(C)C.CC(C)(C)c1cc(C(C)(C)C)n(CCO)n1.CC(C)C(=O)CC(=O)C(C)C.Cc1cc(C(C)C)nn1CCO.Cc1cc(C)n(CCO)n1.Cc1nn(CCO)c2c1CCC2.NNCCO.